The van der Waals surface area contributed by atoms with Crippen LogP contribution < -0.4 is 5.32 Å². The van der Waals surface area contributed by atoms with Crippen molar-refractivity contribution in [3.05, 3.63) is 41.1 Å². The van der Waals surface area contributed by atoms with Gasteiger partial charge >= 0.3 is 0 Å². The Morgan fingerprint density at radius 3 is 2.89 bits per heavy atom. The highest BCUT2D eigenvalue weighted by atomic mass is 16.5. The lowest BCUT2D eigenvalue weighted by Crippen LogP contribution is -2.30. The Bertz CT molecular complexity index is 495. The second kappa shape index (κ2) is 4.41. The third-order valence-corrected chi connectivity index (χ3v) is 4.16. The van der Waals surface area contributed by atoms with Gasteiger partial charge in [0.15, 0.2) is 0 Å². The number of nitrogens with one attached hydrogen (secondary N) is 1. The van der Waals surface area contributed by atoms with Crippen molar-refractivity contribution < 1.29 is 4.74 Å². The van der Waals surface area contributed by atoms with Gasteiger partial charge in [0, 0.05) is 36.6 Å². The van der Waals surface area contributed by atoms with E-state index >= 15 is 0 Å². The molecule has 2 aliphatic heterocycles. The average molecular weight is 244 g/mol. The van der Waals surface area contributed by atoms with E-state index in [1.807, 2.05) is 0 Å². The summed E-state index contributed by atoms with van der Waals surface area (Å²) in [6.45, 7) is 6.55. The van der Waals surface area contributed by atoms with Gasteiger partial charge in [-0.2, -0.15) is 0 Å². The van der Waals surface area contributed by atoms with E-state index in [9.17, 15) is 0 Å². The first-order chi connectivity index (χ1) is 8.76. The summed E-state index contributed by atoms with van der Waals surface area (Å²) >= 11 is 0. The highest BCUT2D eigenvalue weighted by Gasteiger charge is 2.37. The number of hydrogen-bond donors (Lipinski definition) is 1. The summed E-state index contributed by atoms with van der Waals surface area (Å²) in [6.07, 6.45) is 0.108. The van der Waals surface area contributed by atoms with E-state index in [4.69, 9.17) is 4.74 Å². The van der Waals surface area contributed by atoms with E-state index in [1.165, 1.54) is 22.5 Å². The van der Waals surface area contributed by atoms with Crippen molar-refractivity contribution in [2.75, 3.05) is 25.5 Å². The van der Waals surface area contributed by atoms with Crippen LogP contribution in [0.3, 0.4) is 0 Å². The van der Waals surface area contributed by atoms with Crippen molar-refractivity contribution in [3.8, 4) is 0 Å². The first-order valence-corrected chi connectivity index (χ1v) is 6.62. The maximum Gasteiger partial charge on any atom is 0.108 e. The minimum atomic E-state index is 0.108. The molecule has 96 valence electrons. The van der Waals surface area contributed by atoms with Gasteiger partial charge in [0.25, 0.3) is 0 Å². The second-order valence-corrected chi connectivity index (χ2v) is 5.01. The van der Waals surface area contributed by atoms with Gasteiger partial charge in [-0.15, -0.1) is 0 Å². The highest BCUT2D eigenvalue weighted by Crippen LogP contribution is 2.42. The van der Waals surface area contributed by atoms with Crippen molar-refractivity contribution in [3.63, 3.8) is 0 Å². The van der Waals surface area contributed by atoms with Gasteiger partial charge in [0.1, 0.15) is 6.10 Å². The monoisotopic (exact) mass is 244 g/mol. The summed E-state index contributed by atoms with van der Waals surface area (Å²) in [4.78, 5) is 2.47. The van der Waals surface area contributed by atoms with Gasteiger partial charge in [-0.1, -0.05) is 25.1 Å². The van der Waals surface area contributed by atoms with E-state index < -0.39 is 0 Å². The number of methoxy groups -OCH3 is 1. The van der Waals surface area contributed by atoms with Crippen LogP contribution in [0.25, 0.3) is 0 Å². The largest absolute Gasteiger partial charge is 0.372 e. The molecule has 18 heavy (non-hydrogen) atoms. The van der Waals surface area contributed by atoms with Crippen LogP contribution in [0.4, 0.5) is 5.69 Å². The molecule has 0 aromatic heterocycles. The van der Waals surface area contributed by atoms with E-state index in [2.05, 4.69) is 48.3 Å². The molecule has 0 amide bonds. The van der Waals surface area contributed by atoms with E-state index in [1.54, 1.807) is 7.11 Å². The fourth-order valence-electron chi connectivity index (χ4n) is 3.13. The quantitative estimate of drug-likeness (QED) is 0.865. The number of benzene rings is 1. The average Bonchev–Trinajstić information content (AvgIpc) is 2.73. The summed E-state index contributed by atoms with van der Waals surface area (Å²) in [5.41, 5.74) is 5.17. The van der Waals surface area contributed by atoms with Crippen molar-refractivity contribution in [2.24, 2.45) is 0 Å². The number of nitrogens with zero attached hydrogens (tertiary/aromatic N) is 1. The first-order valence-electron chi connectivity index (χ1n) is 6.62. The van der Waals surface area contributed by atoms with Crippen LogP contribution in [-0.2, 0) is 4.74 Å². The molecule has 1 N–H and O–H groups in total. The van der Waals surface area contributed by atoms with Gasteiger partial charge in [0.2, 0.25) is 0 Å². The van der Waals surface area contributed by atoms with Crippen molar-refractivity contribution in [1.29, 1.82) is 0 Å². The molecule has 3 heteroatoms. The fraction of sp³-hybridized carbons (Fsp3) is 0.467. The Hall–Kier alpha value is -1.32. The van der Waals surface area contributed by atoms with Gasteiger partial charge in [-0.05, 0) is 25.1 Å². The van der Waals surface area contributed by atoms with Crippen LogP contribution in [0.1, 0.15) is 25.5 Å². The third kappa shape index (κ3) is 1.58. The summed E-state index contributed by atoms with van der Waals surface area (Å²) in [6, 6.07) is 8.89. The molecular weight excluding hydrogens is 224 g/mol. The van der Waals surface area contributed by atoms with E-state index in [0.29, 0.717) is 6.04 Å². The number of hydrogen-bond acceptors (Lipinski definition) is 3. The molecule has 0 bridgehead atoms. The van der Waals surface area contributed by atoms with Crippen molar-refractivity contribution in [2.45, 2.75) is 26.0 Å². The molecule has 0 saturated carbocycles. The van der Waals surface area contributed by atoms with E-state index in [-0.39, 0.29) is 6.10 Å². The van der Waals surface area contributed by atoms with Gasteiger partial charge < -0.3 is 10.1 Å². The fourth-order valence-corrected chi connectivity index (χ4v) is 3.13. The van der Waals surface area contributed by atoms with Crippen LogP contribution in [0.15, 0.2) is 35.5 Å². The molecule has 2 heterocycles. The van der Waals surface area contributed by atoms with Crippen LogP contribution in [0.5, 0.6) is 0 Å². The van der Waals surface area contributed by atoms with Crippen LogP contribution >= 0.6 is 0 Å². The Kier molecular flexibility index (Phi) is 2.88. The smallest absolute Gasteiger partial charge is 0.108 e. The predicted octanol–water partition coefficient (Wildman–Crippen LogP) is 2.78. The Labute approximate surface area is 108 Å². The topological polar surface area (TPSA) is 24.5 Å². The normalized spacial score (nSPS) is 26.8. The van der Waals surface area contributed by atoms with Crippen LogP contribution in [-0.4, -0.2) is 31.1 Å². The summed E-state index contributed by atoms with van der Waals surface area (Å²) in [5.74, 6) is 0. The zero-order valence-electron chi connectivity index (χ0n) is 11.2. The SMILES string of the molecule is CCN1CC2=C(Nc3ccccc3C2OC)C1C. The standard InChI is InChI=1S/C15H20N2O/c1-4-17-9-12-14(10(17)2)16-13-8-6-5-7-11(13)15(12)18-3/h5-8,10,15-16H,4,9H2,1-3H3. The number of fused-ring (bicyclic) bond motifs is 1. The maximum absolute atomic E-state index is 5.75. The summed E-state index contributed by atoms with van der Waals surface area (Å²) in [7, 11) is 1.80. The zero-order chi connectivity index (χ0) is 12.7. The highest BCUT2D eigenvalue weighted by molar-refractivity contribution is 5.64. The predicted molar refractivity (Wildman–Crippen MR) is 73.5 cm³/mol. The number of rotatable bonds is 2. The Morgan fingerprint density at radius 2 is 2.17 bits per heavy atom. The molecule has 0 aliphatic carbocycles. The molecule has 2 aliphatic rings. The van der Waals surface area contributed by atoms with Crippen molar-refractivity contribution >= 4 is 5.69 Å². The third-order valence-electron chi connectivity index (χ3n) is 4.16. The van der Waals surface area contributed by atoms with Crippen LogP contribution in [0, 0.1) is 0 Å². The lowest BCUT2D eigenvalue weighted by atomic mass is 9.94. The summed E-state index contributed by atoms with van der Waals surface area (Å²) in [5, 5.41) is 3.60. The molecule has 1 aromatic rings. The Balaban J connectivity index is 2.03. The first kappa shape index (κ1) is 11.8. The van der Waals surface area contributed by atoms with Gasteiger partial charge in [-0.25, -0.2) is 0 Å². The maximum atomic E-state index is 5.75. The second-order valence-electron chi connectivity index (χ2n) is 5.01. The lowest BCUT2D eigenvalue weighted by Gasteiger charge is -2.28. The summed E-state index contributed by atoms with van der Waals surface area (Å²) < 4.78 is 5.75. The number of ether oxygens (including phenoxy) is 1. The Morgan fingerprint density at radius 1 is 1.39 bits per heavy atom. The van der Waals surface area contributed by atoms with Crippen molar-refractivity contribution in [1.82, 2.24) is 4.90 Å². The molecule has 3 nitrogen and oxygen atoms in total. The molecule has 0 saturated heterocycles. The molecule has 0 radical (unpaired) electrons. The number of para-hydroxylation sites is 1. The molecule has 2 unspecified atom stereocenters. The van der Waals surface area contributed by atoms with Crippen LogP contribution in [0.2, 0.25) is 0 Å². The van der Waals surface area contributed by atoms with Gasteiger partial charge in [0.05, 0.1) is 0 Å². The molecular formula is C15H20N2O. The number of anilines is 1. The zero-order valence-corrected chi connectivity index (χ0v) is 11.2. The minimum Gasteiger partial charge on any atom is -0.372 e. The molecule has 1 aromatic carbocycles. The minimum absolute atomic E-state index is 0.108. The van der Waals surface area contributed by atoms with E-state index in [0.717, 1.165) is 13.1 Å². The lowest BCUT2D eigenvalue weighted by molar-refractivity contribution is 0.127. The molecule has 0 fully saturated rings. The number of likely N-dealkylation sites (N-methyl/N-ethyl adjacent to an activating group) is 1. The van der Waals surface area contributed by atoms with Gasteiger partial charge in [-0.3, -0.25) is 4.90 Å². The molecule has 0 spiro atoms. The molecule has 2 atom stereocenters. The molecule has 3 rings (SSSR count).